The number of carbonyl (C=O) groups excluding carboxylic acids is 1. The molecule has 0 radical (unpaired) electrons. The summed E-state index contributed by atoms with van der Waals surface area (Å²) in [5.41, 5.74) is 6.64. The van der Waals surface area contributed by atoms with Crippen LogP contribution in [0.5, 0.6) is 0 Å². The Bertz CT molecular complexity index is 1290. The van der Waals surface area contributed by atoms with Crippen LogP contribution in [0.15, 0.2) is 65.2 Å². The van der Waals surface area contributed by atoms with Crippen LogP contribution in [0.3, 0.4) is 0 Å². The Morgan fingerprint density at radius 3 is 2.50 bits per heavy atom. The minimum Gasteiger partial charge on any atom is -0.343 e. The zero-order chi connectivity index (χ0) is 22.4. The maximum absolute atomic E-state index is 13.4. The van der Waals surface area contributed by atoms with Gasteiger partial charge in [-0.1, -0.05) is 71.9 Å². The van der Waals surface area contributed by atoms with E-state index in [0.29, 0.717) is 18.7 Å². The number of nitrogens with zero attached hydrogens (tertiary/aromatic N) is 3. The van der Waals surface area contributed by atoms with Crippen molar-refractivity contribution in [3.8, 4) is 6.07 Å². The number of aryl methyl sites for hydroxylation is 3. The van der Waals surface area contributed by atoms with Crippen molar-refractivity contribution in [2.45, 2.75) is 33.1 Å². The van der Waals surface area contributed by atoms with Gasteiger partial charge in [0.25, 0.3) is 0 Å². The molecule has 5 heteroatoms. The normalized spacial score (nSPS) is 18.7. The molecule has 0 unspecified atom stereocenters. The highest BCUT2D eigenvalue weighted by atomic mass is 32.2. The fourth-order valence-electron chi connectivity index (χ4n) is 5.20. The van der Waals surface area contributed by atoms with Crippen LogP contribution in [-0.4, -0.2) is 23.4 Å². The summed E-state index contributed by atoms with van der Waals surface area (Å²) in [7, 11) is 0. The van der Waals surface area contributed by atoms with Crippen LogP contribution in [0.25, 0.3) is 10.8 Å². The number of allylic oxidation sites excluding steroid dienone is 1. The number of thioether (sulfide) groups is 1. The topological polar surface area (TPSA) is 47.3 Å². The van der Waals surface area contributed by atoms with E-state index in [1.807, 2.05) is 23.1 Å². The Morgan fingerprint density at radius 2 is 1.75 bits per heavy atom. The summed E-state index contributed by atoms with van der Waals surface area (Å²) >= 11 is 1.60. The maximum Gasteiger partial charge on any atom is 0.229 e. The molecule has 0 aromatic heterocycles. The predicted octanol–water partition coefficient (Wildman–Crippen LogP) is 5.98. The van der Waals surface area contributed by atoms with Crippen molar-refractivity contribution in [2.75, 3.05) is 17.4 Å². The molecule has 0 bridgehead atoms. The van der Waals surface area contributed by atoms with Gasteiger partial charge in [-0.05, 0) is 48.2 Å². The summed E-state index contributed by atoms with van der Waals surface area (Å²) in [4.78, 5) is 17.4. The summed E-state index contributed by atoms with van der Waals surface area (Å²) in [6.07, 6.45) is 0.320. The second-order valence-corrected chi connectivity index (χ2v) is 9.61. The van der Waals surface area contributed by atoms with Crippen molar-refractivity contribution in [3.05, 3.63) is 87.5 Å². The number of carbonyl (C=O) groups is 1. The van der Waals surface area contributed by atoms with Crippen LogP contribution in [0, 0.1) is 32.1 Å². The van der Waals surface area contributed by atoms with Gasteiger partial charge < -0.3 is 4.90 Å². The molecule has 5 rings (SSSR count). The third-order valence-corrected chi connectivity index (χ3v) is 7.60. The van der Waals surface area contributed by atoms with E-state index >= 15 is 0 Å². The zero-order valence-corrected chi connectivity index (χ0v) is 19.4. The van der Waals surface area contributed by atoms with Gasteiger partial charge in [0.15, 0.2) is 0 Å². The number of rotatable bonds is 2. The van der Waals surface area contributed by atoms with E-state index in [4.69, 9.17) is 0 Å². The zero-order valence-electron chi connectivity index (χ0n) is 18.6. The number of fused-ring (bicyclic) bond motifs is 2. The molecule has 2 aliphatic rings. The lowest BCUT2D eigenvalue weighted by atomic mass is 9.84. The van der Waals surface area contributed by atoms with Gasteiger partial charge in [-0.2, -0.15) is 5.26 Å². The molecule has 2 heterocycles. The van der Waals surface area contributed by atoms with Crippen LogP contribution >= 0.6 is 11.8 Å². The molecule has 3 aromatic rings. The average Bonchev–Trinajstić information content (AvgIpc) is 2.78. The molecule has 2 aliphatic heterocycles. The molecule has 1 amide bonds. The van der Waals surface area contributed by atoms with Gasteiger partial charge in [0.2, 0.25) is 5.91 Å². The predicted molar refractivity (Wildman–Crippen MR) is 131 cm³/mol. The summed E-state index contributed by atoms with van der Waals surface area (Å²) in [6.45, 7) is 6.84. The maximum atomic E-state index is 13.4. The lowest BCUT2D eigenvalue weighted by Gasteiger charge is -2.43. The van der Waals surface area contributed by atoms with Crippen LogP contribution in [-0.2, 0) is 4.79 Å². The first-order chi connectivity index (χ1) is 15.5. The van der Waals surface area contributed by atoms with E-state index in [1.165, 1.54) is 22.4 Å². The SMILES string of the molecule is Cc1cc(C)c(N2CSC3=C(C#N)[C@H](c4cccc5ccccc45)CC(=O)N3C2)c(C)c1. The first kappa shape index (κ1) is 20.7. The summed E-state index contributed by atoms with van der Waals surface area (Å²) in [6, 6.07) is 21.2. The largest absolute Gasteiger partial charge is 0.343 e. The van der Waals surface area contributed by atoms with Crippen molar-refractivity contribution in [1.29, 1.82) is 5.26 Å². The highest BCUT2D eigenvalue weighted by Crippen LogP contribution is 2.45. The second kappa shape index (κ2) is 8.03. The molecule has 0 N–H and O–H groups in total. The number of hydrogen-bond acceptors (Lipinski definition) is 4. The van der Waals surface area contributed by atoms with E-state index in [2.05, 4.69) is 68.1 Å². The standard InChI is InChI=1S/C27H25N3OS/c1-17-11-18(2)26(19(3)12-17)29-15-30-25(31)13-23(24(14-28)27(30)32-16-29)22-10-6-8-20-7-4-5-9-21(20)22/h4-12,23H,13,15-16H2,1-3H3/t23-/m0/s1. The Morgan fingerprint density at radius 1 is 1.03 bits per heavy atom. The summed E-state index contributed by atoms with van der Waals surface area (Å²) in [5.74, 6) is 0.598. The van der Waals surface area contributed by atoms with E-state index in [1.54, 1.807) is 11.8 Å². The van der Waals surface area contributed by atoms with E-state index in [9.17, 15) is 10.1 Å². The van der Waals surface area contributed by atoms with Crippen LogP contribution in [0.4, 0.5) is 5.69 Å². The molecule has 3 aromatic carbocycles. The average molecular weight is 440 g/mol. The second-order valence-electron chi connectivity index (χ2n) is 8.68. The van der Waals surface area contributed by atoms with E-state index < -0.39 is 0 Å². The fourth-order valence-corrected chi connectivity index (χ4v) is 6.34. The molecule has 0 spiro atoms. The molecule has 32 heavy (non-hydrogen) atoms. The molecular weight excluding hydrogens is 414 g/mol. The van der Waals surface area contributed by atoms with Gasteiger partial charge in [0.1, 0.15) is 0 Å². The fraction of sp³-hybridized carbons (Fsp3) is 0.259. The van der Waals surface area contributed by atoms with Gasteiger partial charge in [-0.3, -0.25) is 9.69 Å². The van der Waals surface area contributed by atoms with Crippen LogP contribution < -0.4 is 4.90 Å². The summed E-state index contributed by atoms with van der Waals surface area (Å²) in [5, 5.41) is 13.2. The monoisotopic (exact) mass is 439 g/mol. The van der Waals surface area contributed by atoms with Crippen LogP contribution in [0.2, 0.25) is 0 Å². The van der Waals surface area contributed by atoms with E-state index in [0.717, 1.165) is 27.2 Å². The number of benzene rings is 3. The molecule has 0 aliphatic carbocycles. The molecule has 160 valence electrons. The Balaban J connectivity index is 1.55. The molecule has 1 fully saturated rings. The highest BCUT2D eigenvalue weighted by Gasteiger charge is 2.39. The van der Waals surface area contributed by atoms with Crippen molar-refractivity contribution in [2.24, 2.45) is 0 Å². The Labute approximate surface area is 193 Å². The van der Waals surface area contributed by atoms with Gasteiger partial charge in [-0.15, -0.1) is 0 Å². The third-order valence-electron chi connectivity index (χ3n) is 6.44. The minimum atomic E-state index is -0.202. The van der Waals surface area contributed by atoms with Crippen LogP contribution in [0.1, 0.15) is 34.6 Å². The number of hydrogen-bond donors (Lipinski definition) is 0. The van der Waals surface area contributed by atoms with Gasteiger partial charge in [-0.25, -0.2) is 0 Å². The number of nitriles is 1. The lowest BCUT2D eigenvalue weighted by Crippen LogP contribution is -2.47. The quantitative estimate of drug-likeness (QED) is 0.492. The van der Waals surface area contributed by atoms with Crippen molar-refractivity contribution < 1.29 is 4.79 Å². The molecular formula is C27H25N3OS. The molecule has 4 nitrogen and oxygen atoms in total. The van der Waals surface area contributed by atoms with Gasteiger partial charge in [0, 0.05) is 18.0 Å². The molecule has 1 saturated heterocycles. The third kappa shape index (κ3) is 3.36. The number of amides is 1. The summed E-state index contributed by atoms with van der Waals surface area (Å²) < 4.78 is 0. The highest BCUT2D eigenvalue weighted by molar-refractivity contribution is 8.03. The molecule has 1 atom stereocenters. The number of anilines is 1. The van der Waals surface area contributed by atoms with Crippen molar-refractivity contribution in [3.63, 3.8) is 0 Å². The van der Waals surface area contributed by atoms with Gasteiger partial charge in [0.05, 0.1) is 29.2 Å². The Kier molecular flexibility index (Phi) is 5.19. The van der Waals surface area contributed by atoms with Gasteiger partial charge >= 0.3 is 0 Å². The Hall–Kier alpha value is -3.23. The minimum absolute atomic E-state index is 0.0801. The molecule has 0 saturated carbocycles. The van der Waals surface area contributed by atoms with Crippen molar-refractivity contribution >= 4 is 34.1 Å². The lowest BCUT2D eigenvalue weighted by molar-refractivity contribution is -0.129. The van der Waals surface area contributed by atoms with Crippen molar-refractivity contribution in [1.82, 2.24) is 4.90 Å². The first-order valence-electron chi connectivity index (χ1n) is 10.9. The first-order valence-corrected chi connectivity index (χ1v) is 11.8. The smallest absolute Gasteiger partial charge is 0.229 e. The van der Waals surface area contributed by atoms with E-state index in [-0.39, 0.29) is 11.8 Å².